The summed E-state index contributed by atoms with van der Waals surface area (Å²) in [6.07, 6.45) is 0.660. The van der Waals surface area contributed by atoms with Crippen molar-refractivity contribution >= 4 is 33.4 Å². The Kier molecular flexibility index (Phi) is 6.54. The van der Waals surface area contributed by atoms with Crippen LogP contribution >= 0.6 is 27.5 Å². The van der Waals surface area contributed by atoms with E-state index in [2.05, 4.69) is 26.1 Å². The third-order valence-corrected chi connectivity index (χ3v) is 7.04. The summed E-state index contributed by atoms with van der Waals surface area (Å²) in [5, 5.41) is 8.17. The van der Waals surface area contributed by atoms with Crippen molar-refractivity contribution in [3.8, 4) is 22.8 Å². The molecule has 35 heavy (non-hydrogen) atoms. The number of carbonyl (C=O) groups excluding carboxylic acids is 1. The first-order valence-electron chi connectivity index (χ1n) is 11.1. The van der Waals surface area contributed by atoms with E-state index in [1.807, 2.05) is 71.6 Å². The average molecular weight is 553 g/mol. The van der Waals surface area contributed by atoms with Gasteiger partial charge in [0.05, 0.1) is 26.0 Å². The van der Waals surface area contributed by atoms with Crippen molar-refractivity contribution in [2.24, 2.45) is 0 Å². The normalized spacial score (nSPS) is 14.8. The summed E-state index contributed by atoms with van der Waals surface area (Å²) >= 11 is 9.62. The minimum absolute atomic E-state index is 0.0684. The van der Waals surface area contributed by atoms with E-state index >= 15 is 0 Å². The van der Waals surface area contributed by atoms with Gasteiger partial charge in [-0.15, -0.1) is 0 Å². The van der Waals surface area contributed by atoms with Crippen molar-refractivity contribution in [2.45, 2.75) is 12.5 Å². The number of nitrogens with one attached hydrogen (secondary N) is 1. The number of aromatic amines is 1. The van der Waals surface area contributed by atoms with Gasteiger partial charge in [0.15, 0.2) is 11.5 Å². The molecule has 4 aromatic rings. The lowest BCUT2D eigenvalue weighted by Gasteiger charge is -2.26. The summed E-state index contributed by atoms with van der Waals surface area (Å²) in [7, 11) is 3.23. The number of nitrogens with zero attached hydrogens (tertiary/aromatic N) is 2. The molecule has 8 heteroatoms. The van der Waals surface area contributed by atoms with Gasteiger partial charge in [-0.05, 0) is 53.9 Å². The van der Waals surface area contributed by atoms with E-state index in [0.717, 1.165) is 32.4 Å². The second-order valence-corrected chi connectivity index (χ2v) is 9.61. The highest BCUT2D eigenvalue weighted by Gasteiger charge is 2.41. The number of H-pyrrole nitrogens is 1. The number of hydrogen-bond acceptors (Lipinski definition) is 4. The average Bonchev–Trinajstić information content (AvgIpc) is 3.42. The van der Waals surface area contributed by atoms with E-state index < -0.39 is 0 Å². The van der Waals surface area contributed by atoms with Crippen LogP contribution in [0.2, 0.25) is 5.02 Å². The molecule has 5 rings (SSSR count). The lowest BCUT2D eigenvalue weighted by atomic mass is 9.96. The van der Waals surface area contributed by atoms with Crippen molar-refractivity contribution in [2.75, 3.05) is 20.8 Å². The Balaban J connectivity index is 1.52. The molecule has 0 saturated carbocycles. The molecule has 0 spiro atoms. The molecular formula is C27H23BrClN3O3. The number of carbonyl (C=O) groups is 1. The number of benzene rings is 3. The van der Waals surface area contributed by atoms with Gasteiger partial charge in [0, 0.05) is 27.2 Å². The number of hydrogen-bond donors (Lipinski definition) is 1. The van der Waals surface area contributed by atoms with E-state index in [-0.39, 0.29) is 11.9 Å². The van der Waals surface area contributed by atoms with Crippen LogP contribution in [0.3, 0.4) is 0 Å². The summed E-state index contributed by atoms with van der Waals surface area (Å²) in [5.74, 6) is 1.28. The van der Waals surface area contributed by atoms with Crippen LogP contribution < -0.4 is 9.47 Å². The maximum absolute atomic E-state index is 13.6. The molecule has 0 radical (unpaired) electrons. The molecule has 0 bridgehead atoms. The van der Waals surface area contributed by atoms with Crippen molar-refractivity contribution in [1.29, 1.82) is 0 Å². The number of rotatable bonds is 7. The summed E-state index contributed by atoms with van der Waals surface area (Å²) < 4.78 is 11.8. The van der Waals surface area contributed by atoms with Crippen LogP contribution in [-0.2, 0) is 6.42 Å². The van der Waals surface area contributed by atoms with Gasteiger partial charge in [-0.25, -0.2) is 0 Å². The molecular weight excluding hydrogens is 530 g/mol. The molecule has 0 saturated heterocycles. The van der Waals surface area contributed by atoms with Crippen LogP contribution in [0.1, 0.15) is 33.2 Å². The molecule has 178 valence electrons. The highest BCUT2D eigenvalue weighted by atomic mass is 79.9. The van der Waals surface area contributed by atoms with Gasteiger partial charge in [0.1, 0.15) is 5.69 Å². The predicted molar refractivity (Wildman–Crippen MR) is 139 cm³/mol. The molecule has 1 amide bonds. The van der Waals surface area contributed by atoms with Gasteiger partial charge < -0.3 is 14.4 Å². The van der Waals surface area contributed by atoms with Crippen molar-refractivity contribution in [3.63, 3.8) is 0 Å². The van der Waals surface area contributed by atoms with E-state index in [4.69, 9.17) is 21.1 Å². The fourth-order valence-electron chi connectivity index (χ4n) is 4.53. The highest BCUT2D eigenvalue weighted by molar-refractivity contribution is 9.10. The number of ether oxygens (including phenoxy) is 2. The number of aromatic nitrogens is 2. The monoisotopic (exact) mass is 551 g/mol. The zero-order chi connectivity index (χ0) is 24.5. The van der Waals surface area contributed by atoms with Gasteiger partial charge in [-0.3, -0.25) is 9.89 Å². The maximum atomic E-state index is 13.6. The Bertz CT molecular complexity index is 1370. The minimum Gasteiger partial charge on any atom is -0.493 e. The summed E-state index contributed by atoms with van der Waals surface area (Å²) in [6, 6.07) is 21.1. The minimum atomic E-state index is -0.268. The first-order chi connectivity index (χ1) is 17.0. The molecule has 1 atom stereocenters. The van der Waals surface area contributed by atoms with Gasteiger partial charge in [0.2, 0.25) is 0 Å². The Morgan fingerprint density at radius 1 is 1.00 bits per heavy atom. The topological polar surface area (TPSA) is 67.5 Å². The second-order valence-electron chi connectivity index (χ2n) is 8.26. The molecule has 1 unspecified atom stereocenters. The number of fused-ring (bicyclic) bond motifs is 1. The number of methoxy groups -OCH3 is 2. The Hall–Kier alpha value is -3.29. The third-order valence-electron chi connectivity index (χ3n) is 6.26. The van der Waals surface area contributed by atoms with Gasteiger partial charge >= 0.3 is 0 Å². The molecule has 6 nitrogen and oxygen atoms in total. The first kappa shape index (κ1) is 23.5. The van der Waals surface area contributed by atoms with Crippen LogP contribution in [-0.4, -0.2) is 41.8 Å². The van der Waals surface area contributed by atoms with E-state index in [9.17, 15) is 4.79 Å². The predicted octanol–water partition coefficient (Wildman–Crippen LogP) is 6.30. The van der Waals surface area contributed by atoms with E-state index in [0.29, 0.717) is 35.2 Å². The van der Waals surface area contributed by atoms with Crippen molar-refractivity contribution in [3.05, 3.63) is 98.6 Å². The Labute approximate surface area is 217 Å². The summed E-state index contributed by atoms with van der Waals surface area (Å²) in [6.45, 7) is 0.525. The summed E-state index contributed by atoms with van der Waals surface area (Å²) in [5.41, 5.74) is 5.14. The molecule has 2 heterocycles. The fraction of sp³-hybridized carbons (Fsp3) is 0.185. The molecule has 1 aromatic heterocycles. The highest BCUT2D eigenvalue weighted by Crippen LogP contribution is 2.43. The lowest BCUT2D eigenvalue weighted by molar-refractivity contribution is 0.0746. The molecule has 1 aliphatic heterocycles. The van der Waals surface area contributed by atoms with Crippen LogP contribution in [0.15, 0.2) is 71.2 Å². The van der Waals surface area contributed by atoms with Crippen LogP contribution in [0, 0.1) is 0 Å². The molecule has 0 fully saturated rings. The zero-order valence-electron chi connectivity index (χ0n) is 19.2. The van der Waals surface area contributed by atoms with Gasteiger partial charge in [-0.1, -0.05) is 57.9 Å². The van der Waals surface area contributed by atoms with Crippen LogP contribution in [0.5, 0.6) is 11.5 Å². The van der Waals surface area contributed by atoms with Gasteiger partial charge in [-0.2, -0.15) is 5.10 Å². The number of amides is 1. The standard InChI is InChI=1S/C27H23BrClN3O3/c1-34-21-12-3-16(15-22(21)35-2)13-14-32-26(18-4-8-19(28)9-5-18)23-24(30-31-25(23)27(32)33)17-6-10-20(29)11-7-17/h3-12,15,26H,13-14H2,1-2H3,(H,30,31). The zero-order valence-corrected chi connectivity index (χ0v) is 21.6. The van der Waals surface area contributed by atoms with Crippen molar-refractivity contribution in [1.82, 2.24) is 15.1 Å². The Morgan fingerprint density at radius 2 is 1.71 bits per heavy atom. The first-order valence-corrected chi connectivity index (χ1v) is 12.3. The lowest BCUT2D eigenvalue weighted by Crippen LogP contribution is -2.31. The second kappa shape index (κ2) is 9.76. The number of halogens is 2. The molecule has 1 N–H and O–H groups in total. The smallest absolute Gasteiger partial charge is 0.273 e. The molecule has 3 aromatic carbocycles. The van der Waals surface area contributed by atoms with Crippen LogP contribution in [0.25, 0.3) is 11.3 Å². The fourth-order valence-corrected chi connectivity index (χ4v) is 4.92. The van der Waals surface area contributed by atoms with E-state index in [1.54, 1.807) is 14.2 Å². The SMILES string of the molecule is COc1ccc(CCN2C(=O)c3[nH]nc(-c4ccc(Cl)cc4)c3C2c2ccc(Br)cc2)cc1OC. The van der Waals surface area contributed by atoms with Crippen LogP contribution in [0.4, 0.5) is 0 Å². The third kappa shape index (κ3) is 4.42. The largest absolute Gasteiger partial charge is 0.493 e. The maximum Gasteiger partial charge on any atom is 0.273 e. The van der Waals surface area contributed by atoms with Gasteiger partial charge in [0.25, 0.3) is 5.91 Å². The Morgan fingerprint density at radius 3 is 2.40 bits per heavy atom. The molecule has 1 aliphatic rings. The van der Waals surface area contributed by atoms with Crippen molar-refractivity contribution < 1.29 is 14.3 Å². The summed E-state index contributed by atoms with van der Waals surface area (Å²) in [4.78, 5) is 15.5. The molecule has 0 aliphatic carbocycles. The van der Waals surface area contributed by atoms with E-state index in [1.165, 1.54) is 0 Å². The quantitative estimate of drug-likeness (QED) is 0.292.